The molecular formula is C17H15NO3S. The van der Waals surface area contributed by atoms with Crippen molar-refractivity contribution in [2.45, 2.75) is 20.0 Å². The van der Waals surface area contributed by atoms with Gasteiger partial charge in [0.05, 0.1) is 4.88 Å². The highest BCUT2D eigenvalue weighted by Crippen LogP contribution is 2.26. The molecule has 0 N–H and O–H groups in total. The SMILES string of the molecule is Cc1oc(-c2cccs2)nc1COc1ccc(CC=O)cc1. The molecule has 0 bridgehead atoms. The first-order chi connectivity index (χ1) is 10.8. The van der Waals surface area contributed by atoms with E-state index in [1.165, 1.54) is 0 Å². The molecule has 0 radical (unpaired) electrons. The average molecular weight is 313 g/mol. The number of hydrogen-bond donors (Lipinski definition) is 0. The first-order valence-corrected chi connectivity index (χ1v) is 7.80. The van der Waals surface area contributed by atoms with Crippen LogP contribution in [-0.2, 0) is 17.8 Å². The molecule has 5 heteroatoms. The molecule has 1 aromatic carbocycles. The number of oxazole rings is 1. The summed E-state index contributed by atoms with van der Waals surface area (Å²) in [6.45, 7) is 2.24. The fraction of sp³-hybridized carbons (Fsp3) is 0.176. The molecule has 0 aliphatic carbocycles. The molecule has 3 aromatic rings. The Morgan fingerprint density at radius 3 is 2.77 bits per heavy atom. The maximum atomic E-state index is 10.5. The predicted molar refractivity (Wildman–Crippen MR) is 85.1 cm³/mol. The van der Waals surface area contributed by atoms with Crippen LogP contribution in [0, 0.1) is 6.92 Å². The maximum absolute atomic E-state index is 10.5. The Kier molecular flexibility index (Phi) is 4.34. The van der Waals surface area contributed by atoms with E-state index in [0.29, 0.717) is 18.9 Å². The lowest BCUT2D eigenvalue weighted by Gasteiger charge is -2.05. The van der Waals surface area contributed by atoms with Crippen LogP contribution in [0.1, 0.15) is 17.0 Å². The molecule has 2 heterocycles. The van der Waals surface area contributed by atoms with Crippen LogP contribution in [0.15, 0.2) is 46.2 Å². The highest BCUT2D eigenvalue weighted by Gasteiger charge is 2.12. The monoisotopic (exact) mass is 313 g/mol. The second-order valence-corrected chi connectivity index (χ2v) is 5.75. The van der Waals surface area contributed by atoms with Gasteiger partial charge in [0.15, 0.2) is 0 Å². The standard InChI is InChI=1S/C17H15NO3S/c1-12-15(18-17(21-12)16-3-2-10-22-16)11-20-14-6-4-13(5-7-14)8-9-19/h2-7,9-10H,8,11H2,1H3. The Morgan fingerprint density at radius 2 is 2.09 bits per heavy atom. The van der Waals surface area contributed by atoms with Crippen molar-refractivity contribution in [3.63, 3.8) is 0 Å². The van der Waals surface area contributed by atoms with Gasteiger partial charge in [0.25, 0.3) is 0 Å². The third-order valence-corrected chi connectivity index (χ3v) is 4.10. The third kappa shape index (κ3) is 3.26. The maximum Gasteiger partial charge on any atom is 0.236 e. The van der Waals surface area contributed by atoms with Crippen molar-refractivity contribution in [2.24, 2.45) is 0 Å². The van der Waals surface area contributed by atoms with Crippen molar-refractivity contribution in [2.75, 3.05) is 0 Å². The highest BCUT2D eigenvalue weighted by molar-refractivity contribution is 7.13. The molecule has 0 spiro atoms. The molecule has 4 nitrogen and oxygen atoms in total. The van der Waals surface area contributed by atoms with E-state index in [2.05, 4.69) is 4.98 Å². The van der Waals surface area contributed by atoms with E-state index in [4.69, 9.17) is 9.15 Å². The van der Waals surface area contributed by atoms with Gasteiger partial charge >= 0.3 is 0 Å². The molecule has 0 aliphatic rings. The van der Waals surface area contributed by atoms with E-state index in [1.54, 1.807) is 11.3 Å². The second-order valence-electron chi connectivity index (χ2n) is 4.80. The van der Waals surface area contributed by atoms with Crippen LogP contribution in [0.25, 0.3) is 10.8 Å². The van der Waals surface area contributed by atoms with E-state index in [0.717, 1.165) is 33.9 Å². The van der Waals surface area contributed by atoms with Gasteiger partial charge < -0.3 is 13.9 Å². The summed E-state index contributed by atoms with van der Waals surface area (Å²) < 4.78 is 11.4. The molecule has 0 fully saturated rings. The van der Waals surface area contributed by atoms with Crippen LogP contribution < -0.4 is 4.74 Å². The summed E-state index contributed by atoms with van der Waals surface area (Å²) in [6, 6.07) is 11.4. The third-order valence-electron chi connectivity index (χ3n) is 3.24. The molecule has 0 saturated heterocycles. The fourth-order valence-corrected chi connectivity index (χ4v) is 2.69. The smallest absolute Gasteiger partial charge is 0.236 e. The molecule has 0 aliphatic heterocycles. The van der Waals surface area contributed by atoms with Crippen LogP contribution in [0.2, 0.25) is 0 Å². The van der Waals surface area contributed by atoms with E-state index in [9.17, 15) is 4.79 Å². The van der Waals surface area contributed by atoms with E-state index < -0.39 is 0 Å². The number of ether oxygens (including phenoxy) is 1. The van der Waals surface area contributed by atoms with Crippen molar-refractivity contribution in [1.82, 2.24) is 4.98 Å². The van der Waals surface area contributed by atoms with Gasteiger partial charge in [0.2, 0.25) is 5.89 Å². The summed E-state index contributed by atoms with van der Waals surface area (Å²) in [6.07, 6.45) is 1.31. The van der Waals surface area contributed by atoms with Crippen molar-refractivity contribution in [1.29, 1.82) is 0 Å². The lowest BCUT2D eigenvalue weighted by molar-refractivity contribution is -0.107. The number of thiophene rings is 1. The molecule has 112 valence electrons. The molecule has 0 saturated carbocycles. The number of rotatable bonds is 6. The largest absolute Gasteiger partial charge is 0.487 e. The second kappa shape index (κ2) is 6.58. The zero-order chi connectivity index (χ0) is 15.4. The van der Waals surface area contributed by atoms with Crippen LogP contribution in [0.5, 0.6) is 5.75 Å². The minimum Gasteiger partial charge on any atom is -0.487 e. The van der Waals surface area contributed by atoms with E-state index in [1.807, 2.05) is 48.7 Å². The van der Waals surface area contributed by atoms with Gasteiger partial charge in [-0.15, -0.1) is 11.3 Å². The van der Waals surface area contributed by atoms with Crippen molar-refractivity contribution >= 4 is 17.6 Å². The average Bonchev–Trinajstić information content (AvgIpc) is 3.16. The first-order valence-electron chi connectivity index (χ1n) is 6.92. The molecule has 0 atom stereocenters. The molecule has 22 heavy (non-hydrogen) atoms. The van der Waals surface area contributed by atoms with Gasteiger partial charge in [-0.2, -0.15) is 0 Å². The van der Waals surface area contributed by atoms with Crippen molar-refractivity contribution in [3.8, 4) is 16.5 Å². The minimum absolute atomic E-state index is 0.355. The number of carbonyl (C=O) groups is 1. The number of benzene rings is 1. The Hall–Kier alpha value is -2.40. The van der Waals surface area contributed by atoms with Gasteiger partial charge in [-0.3, -0.25) is 0 Å². The summed E-state index contributed by atoms with van der Waals surface area (Å²) in [5, 5.41) is 1.99. The van der Waals surface area contributed by atoms with Crippen LogP contribution >= 0.6 is 11.3 Å². The Bertz CT molecular complexity index is 745. The van der Waals surface area contributed by atoms with Crippen LogP contribution in [-0.4, -0.2) is 11.3 Å². The topological polar surface area (TPSA) is 52.3 Å². The van der Waals surface area contributed by atoms with Gasteiger partial charge in [0, 0.05) is 6.42 Å². The Morgan fingerprint density at radius 1 is 1.27 bits per heavy atom. The quantitative estimate of drug-likeness (QED) is 0.645. The van der Waals surface area contributed by atoms with Crippen molar-refractivity contribution < 1.29 is 13.9 Å². The summed E-state index contributed by atoms with van der Waals surface area (Å²) in [4.78, 5) is 16.0. The number of carbonyl (C=O) groups excluding carboxylic acids is 1. The number of aromatic nitrogens is 1. The zero-order valence-corrected chi connectivity index (χ0v) is 12.9. The Balaban J connectivity index is 1.67. The molecular weight excluding hydrogens is 298 g/mol. The summed E-state index contributed by atoms with van der Waals surface area (Å²) in [7, 11) is 0. The lowest BCUT2D eigenvalue weighted by Crippen LogP contribution is -1.97. The predicted octanol–water partition coefficient (Wildman–Crippen LogP) is 4.03. The summed E-state index contributed by atoms with van der Waals surface area (Å²) in [5.74, 6) is 2.14. The van der Waals surface area contributed by atoms with Crippen LogP contribution in [0.3, 0.4) is 0 Å². The lowest BCUT2D eigenvalue weighted by atomic mass is 10.2. The summed E-state index contributed by atoms with van der Waals surface area (Å²) >= 11 is 1.59. The number of nitrogens with zero attached hydrogens (tertiary/aromatic N) is 1. The molecule has 3 rings (SSSR count). The first kappa shape index (κ1) is 14.5. The Labute approximate surface area is 132 Å². The minimum atomic E-state index is 0.355. The van der Waals surface area contributed by atoms with Gasteiger partial charge in [-0.05, 0) is 36.1 Å². The van der Waals surface area contributed by atoms with E-state index >= 15 is 0 Å². The van der Waals surface area contributed by atoms with Gasteiger partial charge in [-0.25, -0.2) is 4.98 Å². The number of aldehydes is 1. The number of aryl methyl sites for hydroxylation is 1. The van der Waals surface area contributed by atoms with Gasteiger partial charge in [0.1, 0.15) is 30.1 Å². The van der Waals surface area contributed by atoms with Crippen LogP contribution in [0.4, 0.5) is 0 Å². The summed E-state index contributed by atoms with van der Waals surface area (Å²) in [5.41, 5.74) is 1.76. The molecule has 0 unspecified atom stereocenters. The fourth-order valence-electron chi connectivity index (χ4n) is 2.04. The number of hydrogen-bond acceptors (Lipinski definition) is 5. The zero-order valence-electron chi connectivity index (χ0n) is 12.1. The highest BCUT2D eigenvalue weighted by atomic mass is 32.1. The van der Waals surface area contributed by atoms with Crippen molar-refractivity contribution in [3.05, 3.63) is 58.8 Å². The van der Waals surface area contributed by atoms with Gasteiger partial charge in [-0.1, -0.05) is 18.2 Å². The normalized spacial score (nSPS) is 10.6. The van der Waals surface area contributed by atoms with E-state index in [-0.39, 0.29) is 0 Å². The molecule has 0 amide bonds. The molecule has 2 aromatic heterocycles.